The van der Waals surface area contributed by atoms with Crippen LogP contribution in [0.15, 0.2) is 34.9 Å². The van der Waals surface area contributed by atoms with Gasteiger partial charge in [-0.25, -0.2) is 4.79 Å². The lowest BCUT2D eigenvalue weighted by atomic mass is 9.93. The Balaban J connectivity index is 1.77. The Morgan fingerprint density at radius 3 is 2.67 bits per heavy atom. The Morgan fingerprint density at radius 2 is 1.96 bits per heavy atom. The summed E-state index contributed by atoms with van der Waals surface area (Å²) in [6, 6.07) is 3.88. The summed E-state index contributed by atoms with van der Waals surface area (Å²) in [4.78, 5) is 23.3. The van der Waals surface area contributed by atoms with Crippen molar-refractivity contribution >= 4 is 23.3 Å². The van der Waals surface area contributed by atoms with E-state index in [-0.39, 0.29) is 11.7 Å². The summed E-state index contributed by atoms with van der Waals surface area (Å²) in [7, 11) is 0. The second-order valence-electron chi connectivity index (χ2n) is 6.28. The van der Waals surface area contributed by atoms with E-state index in [0.29, 0.717) is 6.42 Å². The number of urea groups is 1. The Bertz CT molecular complexity index is 861. The van der Waals surface area contributed by atoms with E-state index < -0.39 is 29.4 Å². The molecule has 0 aliphatic heterocycles. The van der Waals surface area contributed by atoms with Gasteiger partial charge < -0.3 is 20.4 Å². The van der Waals surface area contributed by atoms with Crippen LogP contribution >= 0.6 is 0 Å². The van der Waals surface area contributed by atoms with Gasteiger partial charge in [-0.3, -0.25) is 4.79 Å². The van der Waals surface area contributed by atoms with Crippen molar-refractivity contribution in [1.29, 1.82) is 0 Å². The van der Waals surface area contributed by atoms with Crippen LogP contribution in [0.25, 0.3) is 0 Å². The van der Waals surface area contributed by atoms with Crippen LogP contribution in [0, 0.1) is 0 Å². The molecule has 1 aliphatic carbocycles. The molecule has 0 saturated carbocycles. The third-order valence-electron chi connectivity index (χ3n) is 4.25. The molecule has 3 rings (SSSR count). The van der Waals surface area contributed by atoms with Crippen molar-refractivity contribution in [3.63, 3.8) is 0 Å². The van der Waals surface area contributed by atoms with E-state index in [9.17, 15) is 22.8 Å². The van der Waals surface area contributed by atoms with Crippen molar-refractivity contribution in [3.05, 3.63) is 47.4 Å². The minimum atomic E-state index is -4.69. The number of amides is 3. The van der Waals surface area contributed by atoms with Crippen LogP contribution in [0.4, 0.5) is 29.3 Å². The van der Waals surface area contributed by atoms with Gasteiger partial charge in [0.1, 0.15) is 5.76 Å². The Hall–Kier alpha value is -2.97. The van der Waals surface area contributed by atoms with E-state index in [2.05, 4.69) is 16.0 Å². The summed E-state index contributed by atoms with van der Waals surface area (Å²) in [6.07, 6.45) is -0.909. The number of hydrogen-bond donors (Lipinski definition) is 3. The summed E-state index contributed by atoms with van der Waals surface area (Å²) in [5, 5.41) is 7.24. The SMILES string of the molecule is CC(=O)Nc1ccc(NC(=O)NC2CCCc3occc32)c(C(F)(F)F)c1. The molecule has 27 heavy (non-hydrogen) atoms. The third-order valence-corrected chi connectivity index (χ3v) is 4.25. The minimum absolute atomic E-state index is 0.00361. The number of halogens is 3. The maximum absolute atomic E-state index is 13.3. The summed E-state index contributed by atoms with van der Waals surface area (Å²) < 4.78 is 45.3. The van der Waals surface area contributed by atoms with Gasteiger partial charge in [-0.15, -0.1) is 0 Å². The summed E-state index contributed by atoms with van der Waals surface area (Å²) in [6.45, 7) is 1.20. The topological polar surface area (TPSA) is 83.4 Å². The van der Waals surface area contributed by atoms with Crippen LogP contribution in [0.2, 0.25) is 0 Å². The number of furan rings is 1. The number of rotatable bonds is 3. The van der Waals surface area contributed by atoms with Gasteiger partial charge in [-0.05, 0) is 37.1 Å². The molecule has 0 fully saturated rings. The standard InChI is InChI=1S/C18H18F3N3O3/c1-10(25)22-11-5-6-15(13(9-11)18(19,20)21)24-17(26)23-14-3-2-4-16-12(14)7-8-27-16/h5-9,14H,2-4H2,1H3,(H,22,25)(H2,23,24,26). The fourth-order valence-electron chi connectivity index (χ4n) is 3.12. The average molecular weight is 381 g/mol. The lowest BCUT2D eigenvalue weighted by Gasteiger charge is -2.23. The molecule has 0 radical (unpaired) electrons. The first-order valence-electron chi connectivity index (χ1n) is 8.36. The molecule has 0 spiro atoms. The fourth-order valence-corrected chi connectivity index (χ4v) is 3.12. The zero-order valence-electron chi connectivity index (χ0n) is 14.4. The van der Waals surface area contributed by atoms with Gasteiger partial charge in [0.05, 0.1) is 23.6 Å². The molecule has 2 aromatic rings. The number of carbonyl (C=O) groups is 2. The molecule has 1 atom stereocenters. The predicted molar refractivity (Wildman–Crippen MR) is 92.3 cm³/mol. The van der Waals surface area contributed by atoms with Crippen LogP contribution in [0.3, 0.4) is 0 Å². The minimum Gasteiger partial charge on any atom is -0.469 e. The number of aryl methyl sites for hydroxylation is 1. The van der Waals surface area contributed by atoms with Crippen molar-refractivity contribution in [3.8, 4) is 0 Å². The average Bonchev–Trinajstić information content (AvgIpc) is 3.04. The van der Waals surface area contributed by atoms with Crippen LogP contribution in [0.1, 0.15) is 42.7 Å². The van der Waals surface area contributed by atoms with E-state index >= 15 is 0 Å². The Labute approximate surface area is 153 Å². The summed E-state index contributed by atoms with van der Waals surface area (Å²) in [5.74, 6) is 0.289. The quantitative estimate of drug-likeness (QED) is 0.734. The van der Waals surface area contributed by atoms with Gasteiger partial charge >= 0.3 is 12.2 Å². The Kier molecular flexibility index (Phi) is 5.11. The van der Waals surface area contributed by atoms with E-state index in [0.717, 1.165) is 36.3 Å². The van der Waals surface area contributed by atoms with Gasteiger partial charge in [-0.1, -0.05) is 0 Å². The molecule has 1 unspecified atom stereocenters. The number of nitrogens with one attached hydrogen (secondary N) is 3. The van der Waals surface area contributed by atoms with E-state index in [1.54, 1.807) is 6.07 Å². The summed E-state index contributed by atoms with van der Waals surface area (Å²) in [5.41, 5.74) is -0.599. The highest BCUT2D eigenvalue weighted by Crippen LogP contribution is 2.37. The molecule has 1 aromatic heterocycles. The van der Waals surface area contributed by atoms with Gasteiger partial charge in [-0.2, -0.15) is 13.2 Å². The largest absolute Gasteiger partial charge is 0.469 e. The molecular weight excluding hydrogens is 363 g/mol. The maximum Gasteiger partial charge on any atom is 0.418 e. The maximum atomic E-state index is 13.3. The normalized spacial score (nSPS) is 16.4. The second-order valence-corrected chi connectivity index (χ2v) is 6.28. The molecule has 3 N–H and O–H groups in total. The second kappa shape index (κ2) is 7.34. The smallest absolute Gasteiger partial charge is 0.418 e. The summed E-state index contributed by atoms with van der Waals surface area (Å²) >= 11 is 0. The number of alkyl halides is 3. The highest BCUT2D eigenvalue weighted by Gasteiger charge is 2.34. The van der Waals surface area contributed by atoms with Gasteiger partial charge in [0.2, 0.25) is 5.91 Å². The van der Waals surface area contributed by atoms with Gasteiger partial charge in [0.15, 0.2) is 0 Å². The number of fused-ring (bicyclic) bond motifs is 1. The van der Waals surface area contributed by atoms with Gasteiger partial charge in [0.25, 0.3) is 0 Å². The van der Waals surface area contributed by atoms with Crippen molar-refractivity contribution < 1.29 is 27.2 Å². The first kappa shape index (κ1) is 18.8. The molecular formula is C18H18F3N3O3. The molecule has 0 saturated heterocycles. The molecule has 1 heterocycles. The zero-order chi connectivity index (χ0) is 19.6. The first-order valence-corrected chi connectivity index (χ1v) is 8.36. The third kappa shape index (κ3) is 4.42. The highest BCUT2D eigenvalue weighted by molar-refractivity contribution is 5.92. The van der Waals surface area contributed by atoms with Crippen LogP contribution in [-0.2, 0) is 17.4 Å². The van der Waals surface area contributed by atoms with Crippen molar-refractivity contribution in [1.82, 2.24) is 5.32 Å². The van der Waals surface area contributed by atoms with E-state index in [4.69, 9.17) is 4.42 Å². The van der Waals surface area contributed by atoms with E-state index in [1.807, 2.05) is 0 Å². The van der Waals surface area contributed by atoms with Crippen molar-refractivity contribution in [2.75, 3.05) is 10.6 Å². The molecule has 1 aliphatic rings. The van der Waals surface area contributed by atoms with Crippen molar-refractivity contribution in [2.45, 2.75) is 38.4 Å². The monoisotopic (exact) mass is 381 g/mol. The number of hydrogen-bond acceptors (Lipinski definition) is 3. The van der Waals surface area contributed by atoms with Crippen LogP contribution in [-0.4, -0.2) is 11.9 Å². The van der Waals surface area contributed by atoms with Gasteiger partial charge in [0, 0.05) is 24.6 Å². The lowest BCUT2D eigenvalue weighted by molar-refractivity contribution is -0.137. The molecule has 6 nitrogen and oxygen atoms in total. The van der Waals surface area contributed by atoms with E-state index in [1.165, 1.54) is 19.3 Å². The predicted octanol–water partition coefficient (Wildman–Crippen LogP) is 4.46. The van der Waals surface area contributed by atoms with Crippen LogP contribution < -0.4 is 16.0 Å². The number of carbonyl (C=O) groups excluding carboxylic acids is 2. The van der Waals surface area contributed by atoms with Crippen LogP contribution in [0.5, 0.6) is 0 Å². The molecule has 3 amide bonds. The Morgan fingerprint density at radius 1 is 1.19 bits per heavy atom. The number of anilines is 2. The molecule has 9 heteroatoms. The highest BCUT2D eigenvalue weighted by atomic mass is 19.4. The first-order chi connectivity index (χ1) is 12.7. The molecule has 1 aromatic carbocycles. The molecule has 144 valence electrons. The lowest BCUT2D eigenvalue weighted by Crippen LogP contribution is -2.34. The fraction of sp³-hybridized carbons (Fsp3) is 0.333. The zero-order valence-corrected chi connectivity index (χ0v) is 14.4. The molecule has 0 bridgehead atoms. The number of benzene rings is 1. The van der Waals surface area contributed by atoms with Crippen molar-refractivity contribution in [2.24, 2.45) is 0 Å².